The third kappa shape index (κ3) is 1.46. The van der Waals surface area contributed by atoms with Gasteiger partial charge in [-0.25, -0.2) is 0 Å². The molecule has 1 aliphatic carbocycles. The number of hydrogen-bond acceptors (Lipinski definition) is 2. The van der Waals surface area contributed by atoms with E-state index in [1.807, 2.05) is 18.2 Å². The number of fused-ring (bicyclic) bond motifs is 4. The van der Waals surface area contributed by atoms with Crippen LogP contribution >= 0.6 is 0 Å². The summed E-state index contributed by atoms with van der Waals surface area (Å²) in [5.74, 6) is 0.860. The fourth-order valence-corrected chi connectivity index (χ4v) is 3.07. The van der Waals surface area contributed by atoms with Gasteiger partial charge in [-0.15, -0.1) is 0 Å². The van der Waals surface area contributed by atoms with Crippen molar-refractivity contribution in [2.75, 3.05) is 7.11 Å². The maximum absolute atomic E-state index is 5.99. The maximum atomic E-state index is 5.99. The molecule has 0 radical (unpaired) electrons. The van der Waals surface area contributed by atoms with Crippen molar-refractivity contribution >= 4 is 17.0 Å². The van der Waals surface area contributed by atoms with Crippen molar-refractivity contribution in [3.8, 4) is 5.75 Å². The van der Waals surface area contributed by atoms with Crippen LogP contribution in [0.4, 0.5) is 0 Å². The van der Waals surface area contributed by atoms with Crippen LogP contribution in [-0.2, 0) is 10.3 Å². The summed E-state index contributed by atoms with van der Waals surface area (Å²) in [7, 11) is 1.69. The lowest BCUT2D eigenvalue weighted by molar-refractivity contribution is 0.0655. The minimum absolute atomic E-state index is 0.399. The van der Waals surface area contributed by atoms with Crippen LogP contribution in [0.1, 0.15) is 17.7 Å². The van der Waals surface area contributed by atoms with Crippen LogP contribution in [0.5, 0.6) is 5.75 Å². The van der Waals surface area contributed by atoms with Gasteiger partial charge in [0.15, 0.2) is 5.60 Å². The highest BCUT2D eigenvalue weighted by molar-refractivity contribution is 5.90. The van der Waals surface area contributed by atoms with E-state index >= 15 is 0 Å². The third-order valence-corrected chi connectivity index (χ3v) is 4.00. The minimum atomic E-state index is -0.399. The lowest BCUT2D eigenvalue weighted by Crippen LogP contribution is -2.28. The van der Waals surface area contributed by atoms with Crippen LogP contribution in [0.2, 0.25) is 0 Å². The molecule has 0 saturated heterocycles. The predicted octanol–water partition coefficient (Wildman–Crippen LogP) is 3.89. The molecule has 0 amide bonds. The van der Waals surface area contributed by atoms with Gasteiger partial charge in [-0.1, -0.05) is 12.2 Å². The Bertz CT molecular complexity index is 767. The number of ether oxygens (including phenoxy) is 2. The first-order valence-corrected chi connectivity index (χ1v) is 6.71. The number of methoxy groups -OCH3 is 1. The second-order valence-corrected chi connectivity index (χ2v) is 5.13. The van der Waals surface area contributed by atoms with Crippen LogP contribution in [-0.4, -0.2) is 12.1 Å². The van der Waals surface area contributed by atoms with Gasteiger partial charge in [0, 0.05) is 28.6 Å². The van der Waals surface area contributed by atoms with E-state index in [0.29, 0.717) is 0 Å². The number of nitrogens with one attached hydrogen (secondary N) is 1. The second kappa shape index (κ2) is 4.04. The molecule has 0 bridgehead atoms. The molecule has 1 unspecified atom stereocenters. The molecular weight excluding hydrogens is 250 g/mol. The first-order chi connectivity index (χ1) is 9.82. The Kier molecular flexibility index (Phi) is 2.30. The van der Waals surface area contributed by atoms with Crippen molar-refractivity contribution in [3.05, 3.63) is 60.0 Å². The Hall–Kier alpha value is -2.42. The van der Waals surface area contributed by atoms with Gasteiger partial charge in [0.2, 0.25) is 0 Å². The molecule has 20 heavy (non-hydrogen) atoms. The standard InChI is InChI=1S/C17H15NO2/c1-19-12-6-7-14-13(11-12)16-15(18-14)5-4-9-17(16)8-2-3-10-20-17/h2-8,10-11,18H,9H2,1H3. The molecule has 1 aromatic carbocycles. The van der Waals surface area contributed by atoms with Crippen molar-refractivity contribution in [1.29, 1.82) is 0 Å². The third-order valence-electron chi connectivity index (χ3n) is 4.00. The largest absolute Gasteiger partial charge is 0.497 e. The first kappa shape index (κ1) is 11.4. The van der Waals surface area contributed by atoms with Crippen molar-refractivity contribution in [3.63, 3.8) is 0 Å². The maximum Gasteiger partial charge on any atom is 0.158 e. The first-order valence-electron chi connectivity index (χ1n) is 6.71. The topological polar surface area (TPSA) is 34.2 Å². The summed E-state index contributed by atoms with van der Waals surface area (Å²) in [6.07, 6.45) is 13.0. The molecule has 0 fully saturated rings. The van der Waals surface area contributed by atoms with Crippen LogP contribution in [0.15, 0.2) is 48.8 Å². The lowest BCUT2D eigenvalue weighted by atomic mass is 9.83. The van der Waals surface area contributed by atoms with Crippen LogP contribution in [0.25, 0.3) is 17.0 Å². The molecule has 0 saturated carbocycles. The zero-order valence-corrected chi connectivity index (χ0v) is 11.2. The fourth-order valence-electron chi connectivity index (χ4n) is 3.07. The molecule has 3 heteroatoms. The van der Waals surface area contributed by atoms with Crippen molar-refractivity contribution in [2.45, 2.75) is 12.0 Å². The summed E-state index contributed by atoms with van der Waals surface area (Å²) in [4.78, 5) is 3.46. The number of benzene rings is 1. The lowest BCUT2D eigenvalue weighted by Gasteiger charge is -2.33. The Morgan fingerprint density at radius 1 is 1.30 bits per heavy atom. The number of H-pyrrole nitrogens is 1. The highest BCUT2D eigenvalue weighted by Crippen LogP contribution is 2.44. The molecular formula is C17H15NO2. The molecule has 3 nitrogen and oxygen atoms in total. The van der Waals surface area contributed by atoms with Crippen LogP contribution in [0.3, 0.4) is 0 Å². The molecule has 1 atom stereocenters. The monoisotopic (exact) mass is 265 g/mol. The van der Waals surface area contributed by atoms with Gasteiger partial charge in [-0.3, -0.25) is 0 Å². The summed E-state index contributed by atoms with van der Waals surface area (Å²) in [6, 6.07) is 6.09. The summed E-state index contributed by atoms with van der Waals surface area (Å²) < 4.78 is 11.3. The summed E-state index contributed by atoms with van der Waals surface area (Å²) in [6.45, 7) is 0. The molecule has 1 aliphatic heterocycles. The molecule has 2 heterocycles. The normalized spacial score (nSPS) is 23.1. The number of hydrogen-bond donors (Lipinski definition) is 1. The van der Waals surface area contributed by atoms with Crippen molar-refractivity contribution in [2.24, 2.45) is 0 Å². The predicted molar refractivity (Wildman–Crippen MR) is 79.5 cm³/mol. The van der Waals surface area contributed by atoms with E-state index < -0.39 is 5.60 Å². The smallest absolute Gasteiger partial charge is 0.158 e. The quantitative estimate of drug-likeness (QED) is 0.848. The zero-order valence-electron chi connectivity index (χ0n) is 11.2. The van der Waals surface area contributed by atoms with Gasteiger partial charge < -0.3 is 14.5 Å². The molecule has 2 aliphatic rings. The van der Waals surface area contributed by atoms with Gasteiger partial charge in [-0.05, 0) is 36.4 Å². The van der Waals surface area contributed by atoms with Gasteiger partial charge >= 0.3 is 0 Å². The number of aromatic amines is 1. The van der Waals surface area contributed by atoms with Crippen molar-refractivity contribution in [1.82, 2.24) is 4.98 Å². The molecule has 4 rings (SSSR count). The highest BCUT2D eigenvalue weighted by atomic mass is 16.5. The van der Waals surface area contributed by atoms with E-state index in [9.17, 15) is 0 Å². The van der Waals surface area contributed by atoms with Gasteiger partial charge in [0.25, 0.3) is 0 Å². The van der Waals surface area contributed by atoms with Gasteiger partial charge in [-0.2, -0.15) is 0 Å². The molecule has 1 aromatic heterocycles. The van der Waals surface area contributed by atoms with Gasteiger partial charge in [0.1, 0.15) is 5.75 Å². The Morgan fingerprint density at radius 2 is 2.25 bits per heavy atom. The van der Waals surface area contributed by atoms with Gasteiger partial charge in [0.05, 0.1) is 13.4 Å². The SMILES string of the molecule is COc1ccc2[nH]c3c(c2c1)C1(C=CC=CO1)CC=C3. The van der Waals surface area contributed by atoms with Crippen LogP contribution in [0, 0.1) is 0 Å². The summed E-state index contributed by atoms with van der Waals surface area (Å²) >= 11 is 0. The Balaban J connectivity index is 2.02. The number of aromatic nitrogens is 1. The highest BCUT2D eigenvalue weighted by Gasteiger charge is 2.37. The Labute approximate surface area is 117 Å². The number of rotatable bonds is 1. The fraction of sp³-hybridized carbons (Fsp3) is 0.176. The number of allylic oxidation sites excluding steroid dienone is 2. The van der Waals surface area contributed by atoms with Crippen molar-refractivity contribution < 1.29 is 9.47 Å². The van der Waals surface area contributed by atoms with E-state index in [1.54, 1.807) is 13.4 Å². The molecule has 1 N–H and O–H groups in total. The van der Waals surface area contributed by atoms with Crippen LogP contribution < -0.4 is 4.74 Å². The summed E-state index contributed by atoms with van der Waals surface area (Å²) in [5.41, 5.74) is 3.01. The average molecular weight is 265 g/mol. The zero-order chi connectivity index (χ0) is 13.6. The van der Waals surface area contributed by atoms with E-state index in [0.717, 1.165) is 28.8 Å². The van der Waals surface area contributed by atoms with E-state index in [2.05, 4.69) is 35.3 Å². The van der Waals surface area contributed by atoms with E-state index in [4.69, 9.17) is 9.47 Å². The summed E-state index contributed by atoms with van der Waals surface area (Å²) in [5, 5.41) is 1.16. The Morgan fingerprint density at radius 3 is 3.05 bits per heavy atom. The molecule has 100 valence electrons. The molecule has 1 spiro atoms. The average Bonchev–Trinajstić information content (AvgIpc) is 2.87. The second-order valence-electron chi connectivity index (χ2n) is 5.13. The van der Waals surface area contributed by atoms with E-state index in [-0.39, 0.29) is 0 Å². The minimum Gasteiger partial charge on any atom is -0.497 e. The molecule has 2 aromatic rings. The van der Waals surface area contributed by atoms with E-state index in [1.165, 1.54) is 5.56 Å².